The highest BCUT2D eigenvalue weighted by Gasteiger charge is 2.11. The molecule has 0 unspecified atom stereocenters. The molecular formula is C16H26N4. The van der Waals surface area contributed by atoms with Gasteiger partial charge in [-0.3, -0.25) is 0 Å². The van der Waals surface area contributed by atoms with Crippen LogP contribution in [0.1, 0.15) is 19.4 Å². The summed E-state index contributed by atoms with van der Waals surface area (Å²) in [7, 11) is 4.16. The largest absolute Gasteiger partial charge is 0.398 e. The van der Waals surface area contributed by atoms with Gasteiger partial charge in [-0.25, -0.2) is 0 Å². The molecule has 0 saturated carbocycles. The molecule has 0 spiro atoms. The number of likely N-dealkylation sites (N-methyl/N-ethyl adjacent to an activating group) is 1. The fraction of sp³-hybridized carbons (Fsp3) is 0.562. The van der Waals surface area contributed by atoms with Crippen LogP contribution in [0.25, 0.3) is 0 Å². The molecule has 0 fully saturated rings. The van der Waals surface area contributed by atoms with Crippen molar-refractivity contribution in [1.29, 1.82) is 5.26 Å². The number of nitrogen functional groups attached to an aromatic ring is 1. The highest BCUT2D eigenvalue weighted by molar-refractivity contribution is 5.59. The van der Waals surface area contributed by atoms with Crippen LogP contribution >= 0.6 is 0 Å². The standard InChI is InChI=1S/C16H26N4/c1-13(2)12-20(10-9-19(3)4)15-5-6-16(18)14(11-15)7-8-17/h5-6,11,13H,7,9-10,12,18H2,1-4H3. The van der Waals surface area contributed by atoms with E-state index in [1.54, 1.807) is 0 Å². The van der Waals surface area contributed by atoms with Gasteiger partial charge in [0, 0.05) is 31.0 Å². The molecule has 20 heavy (non-hydrogen) atoms. The summed E-state index contributed by atoms with van der Waals surface area (Å²) in [5.41, 5.74) is 8.70. The summed E-state index contributed by atoms with van der Waals surface area (Å²) >= 11 is 0. The lowest BCUT2D eigenvalue weighted by Gasteiger charge is -2.28. The first-order valence-electron chi connectivity index (χ1n) is 7.09. The van der Waals surface area contributed by atoms with E-state index < -0.39 is 0 Å². The molecule has 0 radical (unpaired) electrons. The Balaban J connectivity index is 2.94. The number of nitrogens with zero attached hydrogens (tertiary/aromatic N) is 3. The van der Waals surface area contributed by atoms with Gasteiger partial charge < -0.3 is 15.5 Å². The van der Waals surface area contributed by atoms with E-state index in [1.165, 1.54) is 0 Å². The normalized spacial score (nSPS) is 10.8. The Morgan fingerprint density at radius 3 is 2.50 bits per heavy atom. The quantitative estimate of drug-likeness (QED) is 0.776. The maximum Gasteiger partial charge on any atom is 0.0670 e. The molecule has 4 nitrogen and oxygen atoms in total. The molecule has 1 aromatic carbocycles. The van der Waals surface area contributed by atoms with Gasteiger partial charge in [0.1, 0.15) is 0 Å². The summed E-state index contributed by atoms with van der Waals surface area (Å²) in [6, 6.07) is 8.18. The smallest absolute Gasteiger partial charge is 0.0670 e. The molecule has 0 saturated heterocycles. The third-order valence-electron chi connectivity index (χ3n) is 3.16. The molecule has 0 aliphatic rings. The van der Waals surface area contributed by atoms with E-state index in [2.05, 4.69) is 49.9 Å². The Morgan fingerprint density at radius 1 is 1.25 bits per heavy atom. The van der Waals surface area contributed by atoms with Crippen molar-refractivity contribution < 1.29 is 0 Å². The van der Waals surface area contributed by atoms with Crippen molar-refractivity contribution in [2.45, 2.75) is 20.3 Å². The number of nitrogens with two attached hydrogens (primary N) is 1. The van der Waals surface area contributed by atoms with Gasteiger partial charge in [-0.2, -0.15) is 5.26 Å². The molecule has 1 rings (SSSR count). The number of nitriles is 1. The lowest BCUT2D eigenvalue weighted by atomic mass is 10.1. The Hall–Kier alpha value is -1.73. The Bertz CT molecular complexity index is 460. The first-order valence-corrected chi connectivity index (χ1v) is 7.09. The zero-order valence-corrected chi connectivity index (χ0v) is 13.1. The highest BCUT2D eigenvalue weighted by Crippen LogP contribution is 2.22. The summed E-state index contributed by atoms with van der Waals surface area (Å²) < 4.78 is 0. The summed E-state index contributed by atoms with van der Waals surface area (Å²) in [6.45, 7) is 7.42. The van der Waals surface area contributed by atoms with E-state index in [0.717, 1.165) is 30.9 Å². The molecule has 0 aliphatic carbocycles. The lowest BCUT2D eigenvalue weighted by molar-refractivity contribution is 0.409. The van der Waals surface area contributed by atoms with Crippen LogP contribution in [0.4, 0.5) is 11.4 Å². The van der Waals surface area contributed by atoms with Crippen LogP contribution in [-0.2, 0) is 6.42 Å². The third-order valence-corrected chi connectivity index (χ3v) is 3.16. The monoisotopic (exact) mass is 274 g/mol. The minimum atomic E-state index is 0.364. The fourth-order valence-electron chi connectivity index (χ4n) is 2.11. The van der Waals surface area contributed by atoms with Gasteiger partial charge >= 0.3 is 0 Å². The lowest BCUT2D eigenvalue weighted by Crippen LogP contribution is -2.34. The van der Waals surface area contributed by atoms with Crippen molar-refractivity contribution in [3.8, 4) is 6.07 Å². The number of hydrogen-bond acceptors (Lipinski definition) is 4. The maximum absolute atomic E-state index is 8.87. The average molecular weight is 274 g/mol. The molecule has 110 valence electrons. The van der Waals surface area contributed by atoms with Gasteiger partial charge in [0.25, 0.3) is 0 Å². The second-order valence-electron chi connectivity index (χ2n) is 5.86. The molecule has 0 heterocycles. The summed E-state index contributed by atoms with van der Waals surface area (Å²) in [6.07, 6.45) is 0.364. The Morgan fingerprint density at radius 2 is 1.95 bits per heavy atom. The second kappa shape index (κ2) is 7.76. The van der Waals surface area contributed by atoms with Crippen molar-refractivity contribution in [1.82, 2.24) is 4.90 Å². The van der Waals surface area contributed by atoms with Crippen LogP contribution in [-0.4, -0.2) is 38.6 Å². The number of benzene rings is 1. The van der Waals surface area contributed by atoms with Crippen molar-refractivity contribution in [3.63, 3.8) is 0 Å². The van der Waals surface area contributed by atoms with Crippen molar-refractivity contribution in [2.24, 2.45) is 5.92 Å². The zero-order valence-electron chi connectivity index (χ0n) is 13.1. The number of rotatable bonds is 7. The van der Waals surface area contributed by atoms with E-state index in [1.807, 2.05) is 12.1 Å². The van der Waals surface area contributed by atoms with E-state index >= 15 is 0 Å². The van der Waals surface area contributed by atoms with Gasteiger partial charge in [-0.05, 0) is 43.8 Å². The highest BCUT2D eigenvalue weighted by atomic mass is 15.2. The van der Waals surface area contributed by atoms with Gasteiger partial charge in [0.2, 0.25) is 0 Å². The predicted octanol–water partition coefficient (Wildman–Crippen LogP) is 2.36. The minimum Gasteiger partial charge on any atom is -0.398 e. The molecule has 0 bridgehead atoms. The van der Waals surface area contributed by atoms with Crippen LogP contribution in [0, 0.1) is 17.2 Å². The number of hydrogen-bond donors (Lipinski definition) is 1. The summed E-state index contributed by atoms with van der Waals surface area (Å²) in [4.78, 5) is 4.55. The zero-order chi connectivity index (χ0) is 15.1. The Labute approximate surface area is 122 Å². The van der Waals surface area contributed by atoms with Crippen LogP contribution in [0.5, 0.6) is 0 Å². The van der Waals surface area contributed by atoms with Crippen molar-refractivity contribution in [3.05, 3.63) is 23.8 Å². The molecular weight excluding hydrogens is 248 g/mol. The third kappa shape index (κ3) is 5.10. The molecule has 0 aromatic heterocycles. The van der Waals surface area contributed by atoms with Crippen LogP contribution in [0.15, 0.2) is 18.2 Å². The fourth-order valence-corrected chi connectivity index (χ4v) is 2.11. The van der Waals surface area contributed by atoms with Gasteiger partial charge in [-0.15, -0.1) is 0 Å². The second-order valence-corrected chi connectivity index (χ2v) is 5.86. The minimum absolute atomic E-state index is 0.364. The topological polar surface area (TPSA) is 56.3 Å². The van der Waals surface area contributed by atoms with Gasteiger partial charge in [0.05, 0.1) is 12.5 Å². The summed E-state index contributed by atoms with van der Waals surface area (Å²) in [5.74, 6) is 0.592. The summed E-state index contributed by atoms with van der Waals surface area (Å²) in [5, 5.41) is 8.87. The van der Waals surface area contributed by atoms with E-state index in [9.17, 15) is 0 Å². The molecule has 1 aromatic rings. The molecule has 0 aliphatic heterocycles. The van der Waals surface area contributed by atoms with Gasteiger partial charge in [-0.1, -0.05) is 13.8 Å². The van der Waals surface area contributed by atoms with E-state index in [4.69, 9.17) is 11.0 Å². The van der Waals surface area contributed by atoms with Crippen molar-refractivity contribution >= 4 is 11.4 Å². The SMILES string of the molecule is CC(C)CN(CCN(C)C)c1ccc(N)c(CC#N)c1. The van der Waals surface area contributed by atoms with Gasteiger partial charge in [0.15, 0.2) is 0 Å². The maximum atomic E-state index is 8.87. The molecule has 0 atom stereocenters. The van der Waals surface area contributed by atoms with Crippen LogP contribution < -0.4 is 10.6 Å². The molecule has 4 heteroatoms. The number of anilines is 2. The first-order chi connectivity index (χ1) is 9.43. The Kier molecular flexibility index (Phi) is 6.33. The van der Waals surface area contributed by atoms with Crippen LogP contribution in [0.3, 0.4) is 0 Å². The molecule has 2 N–H and O–H groups in total. The first kappa shape index (κ1) is 16.3. The molecule has 0 amide bonds. The van der Waals surface area contributed by atoms with Crippen molar-refractivity contribution in [2.75, 3.05) is 44.4 Å². The van der Waals surface area contributed by atoms with E-state index in [-0.39, 0.29) is 0 Å². The van der Waals surface area contributed by atoms with E-state index in [0.29, 0.717) is 18.0 Å². The van der Waals surface area contributed by atoms with Crippen LogP contribution in [0.2, 0.25) is 0 Å². The predicted molar refractivity (Wildman–Crippen MR) is 85.8 cm³/mol. The average Bonchev–Trinajstić information content (AvgIpc) is 2.37.